The predicted octanol–water partition coefficient (Wildman–Crippen LogP) is 8.50. The number of aliphatic hydroxyl groups is 1. The number of benzene rings is 2. The Morgan fingerprint density at radius 1 is 0.775 bits per heavy atom. The maximum absolute atomic E-state index is 13.1. The van der Waals surface area contributed by atoms with Crippen molar-refractivity contribution in [1.29, 1.82) is 0 Å². The van der Waals surface area contributed by atoms with Crippen molar-refractivity contribution >= 4 is 23.1 Å². The molecule has 3 rings (SSSR count). The average Bonchev–Trinajstić information content (AvgIpc) is 3.22. The van der Waals surface area contributed by atoms with Crippen molar-refractivity contribution in [3.8, 4) is 0 Å². The summed E-state index contributed by atoms with van der Waals surface area (Å²) in [6, 6.07) is 13.7. The largest absolute Gasteiger partial charge is 0.507 e. The van der Waals surface area contributed by atoms with Gasteiger partial charge in [-0.15, -0.1) is 0 Å². The number of non-ortho nitro benzene ring substituents is 1. The first kappa shape index (κ1) is 31.1. The lowest BCUT2D eigenvalue weighted by molar-refractivity contribution is -0.384. The van der Waals surface area contributed by atoms with Gasteiger partial charge in [-0.3, -0.25) is 19.7 Å². The number of aliphatic hydroxyl groups excluding tert-OH is 1. The first-order valence-corrected chi connectivity index (χ1v) is 15.0. The van der Waals surface area contributed by atoms with Crippen molar-refractivity contribution in [2.24, 2.45) is 0 Å². The van der Waals surface area contributed by atoms with Gasteiger partial charge < -0.3 is 10.0 Å². The molecule has 1 fully saturated rings. The van der Waals surface area contributed by atoms with Gasteiger partial charge in [-0.1, -0.05) is 121 Å². The van der Waals surface area contributed by atoms with E-state index in [2.05, 4.69) is 6.92 Å². The number of carbonyl (C=O) groups is 2. The van der Waals surface area contributed by atoms with Crippen LogP contribution in [0.5, 0.6) is 0 Å². The fourth-order valence-electron chi connectivity index (χ4n) is 5.46. The Morgan fingerprint density at radius 3 is 1.77 bits per heavy atom. The van der Waals surface area contributed by atoms with Gasteiger partial charge in [0.05, 0.1) is 16.5 Å². The Hall–Kier alpha value is -3.48. The van der Waals surface area contributed by atoms with Crippen LogP contribution in [0.1, 0.15) is 114 Å². The standard InChI is InChI=1S/C33H44N2O5/c1-2-3-4-5-6-7-8-9-10-11-12-13-14-18-25-34-30(26-21-23-28(24-22-26)35(39)40)29(32(37)33(34)38)31(36)27-19-16-15-17-20-27/h15-17,19-24,30,36H,2-14,18,25H2,1H3/b31-29+/t30-/m0/s1. The molecule has 0 bridgehead atoms. The molecule has 0 saturated carbocycles. The third-order valence-corrected chi connectivity index (χ3v) is 7.76. The zero-order chi connectivity index (χ0) is 28.7. The van der Waals surface area contributed by atoms with Gasteiger partial charge in [0.15, 0.2) is 0 Å². The first-order chi connectivity index (χ1) is 19.5. The summed E-state index contributed by atoms with van der Waals surface area (Å²) >= 11 is 0. The minimum atomic E-state index is -0.789. The number of Topliss-reactive ketones (excluding diaryl/α,β-unsaturated/α-hetero) is 1. The van der Waals surface area contributed by atoms with Crippen LogP contribution in [0.2, 0.25) is 0 Å². The zero-order valence-electron chi connectivity index (χ0n) is 23.9. The highest BCUT2D eigenvalue weighted by molar-refractivity contribution is 6.46. The molecule has 1 aliphatic heterocycles. The van der Waals surface area contributed by atoms with E-state index in [1.54, 1.807) is 42.5 Å². The molecule has 1 atom stereocenters. The van der Waals surface area contributed by atoms with Crippen LogP contribution in [0.3, 0.4) is 0 Å². The molecule has 0 aliphatic carbocycles. The van der Waals surface area contributed by atoms with Crippen LogP contribution >= 0.6 is 0 Å². The van der Waals surface area contributed by atoms with Crippen molar-refractivity contribution in [3.63, 3.8) is 0 Å². The molecule has 0 radical (unpaired) electrons. The van der Waals surface area contributed by atoms with Crippen LogP contribution in [-0.2, 0) is 9.59 Å². The number of hydrogen-bond acceptors (Lipinski definition) is 5. The van der Waals surface area contributed by atoms with Crippen molar-refractivity contribution in [1.82, 2.24) is 4.90 Å². The number of nitro groups is 1. The minimum absolute atomic E-state index is 0.0235. The predicted molar refractivity (Wildman–Crippen MR) is 159 cm³/mol. The van der Waals surface area contributed by atoms with Gasteiger partial charge in [0.2, 0.25) is 0 Å². The Morgan fingerprint density at radius 2 is 1.27 bits per heavy atom. The van der Waals surface area contributed by atoms with E-state index in [1.807, 2.05) is 0 Å². The van der Waals surface area contributed by atoms with Gasteiger partial charge in [-0.2, -0.15) is 0 Å². The molecule has 0 aromatic heterocycles. The molecule has 1 aliphatic rings. The number of ketones is 1. The van der Waals surface area contributed by atoms with E-state index in [1.165, 1.54) is 81.2 Å². The van der Waals surface area contributed by atoms with E-state index in [9.17, 15) is 24.8 Å². The lowest BCUT2D eigenvalue weighted by Crippen LogP contribution is -2.30. The highest BCUT2D eigenvalue weighted by Gasteiger charge is 2.45. The molecular weight excluding hydrogens is 504 g/mol. The number of carbonyl (C=O) groups excluding carboxylic acids is 2. The smallest absolute Gasteiger partial charge is 0.295 e. The van der Waals surface area contributed by atoms with Gasteiger partial charge in [0.1, 0.15) is 5.76 Å². The maximum Gasteiger partial charge on any atom is 0.295 e. The Labute approximate surface area is 238 Å². The molecule has 1 N–H and O–H groups in total. The molecule has 40 heavy (non-hydrogen) atoms. The summed E-state index contributed by atoms with van der Waals surface area (Å²) in [5.41, 5.74) is 0.961. The van der Waals surface area contributed by atoms with E-state index >= 15 is 0 Å². The second-order valence-corrected chi connectivity index (χ2v) is 10.8. The second kappa shape index (κ2) is 16.6. The van der Waals surface area contributed by atoms with Crippen molar-refractivity contribution < 1.29 is 19.6 Å². The summed E-state index contributed by atoms with van der Waals surface area (Å²) in [5, 5.41) is 22.2. The molecule has 1 amide bonds. The molecule has 1 saturated heterocycles. The van der Waals surface area contributed by atoms with Gasteiger partial charge >= 0.3 is 0 Å². The van der Waals surface area contributed by atoms with Crippen LogP contribution in [0.25, 0.3) is 5.76 Å². The topological polar surface area (TPSA) is 101 Å². The monoisotopic (exact) mass is 548 g/mol. The summed E-state index contributed by atoms with van der Waals surface area (Å²) in [6.45, 7) is 2.63. The van der Waals surface area contributed by atoms with Crippen LogP contribution in [0.4, 0.5) is 5.69 Å². The van der Waals surface area contributed by atoms with Crippen LogP contribution in [0, 0.1) is 10.1 Å². The highest BCUT2D eigenvalue weighted by Crippen LogP contribution is 2.40. The summed E-state index contributed by atoms with van der Waals surface area (Å²) in [5.74, 6) is -1.60. The molecule has 7 nitrogen and oxygen atoms in total. The zero-order valence-corrected chi connectivity index (χ0v) is 23.9. The van der Waals surface area contributed by atoms with E-state index in [0.717, 1.165) is 25.7 Å². The quantitative estimate of drug-likeness (QED) is 0.0502. The Bertz CT molecular complexity index is 1130. The minimum Gasteiger partial charge on any atom is -0.507 e. The number of likely N-dealkylation sites (tertiary alicyclic amines) is 1. The number of hydrogen-bond donors (Lipinski definition) is 1. The first-order valence-electron chi connectivity index (χ1n) is 15.0. The molecule has 2 aromatic carbocycles. The van der Waals surface area contributed by atoms with Crippen molar-refractivity contribution in [3.05, 3.63) is 81.4 Å². The van der Waals surface area contributed by atoms with Gasteiger partial charge in [0.25, 0.3) is 17.4 Å². The lowest BCUT2D eigenvalue weighted by atomic mass is 9.95. The van der Waals surface area contributed by atoms with E-state index in [-0.39, 0.29) is 17.0 Å². The molecule has 0 unspecified atom stereocenters. The number of amides is 1. The van der Waals surface area contributed by atoms with Crippen LogP contribution < -0.4 is 0 Å². The molecule has 216 valence electrons. The summed E-state index contributed by atoms with van der Waals surface area (Å²) < 4.78 is 0. The average molecular weight is 549 g/mol. The number of nitrogens with zero attached hydrogens (tertiary/aromatic N) is 2. The van der Waals surface area contributed by atoms with Gasteiger partial charge in [0, 0.05) is 24.2 Å². The summed E-state index contributed by atoms with van der Waals surface area (Å²) in [6.07, 6.45) is 17.1. The Balaban J connectivity index is 1.55. The number of rotatable bonds is 18. The summed E-state index contributed by atoms with van der Waals surface area (Å²) in [4.78, 5) is 38.4. The number of nitro benzene ring substituents is 1. The second-order valence-electron chi connectivity index (χ2n) is 10.8. The van der Waals surface area contributed by atoms with Gasteiger partial charge in [-0.05, 0) is 24.1 Å². The fraction of sp³-hybridized carbons (Fsp3) is 0.515. The maximum atomic E-state index is 13.1. The third-order valence-electron chi connectivity index (χ3n) is 7.76. The van der Waals surface area contributed by atoms with E-state index in [0.29, 0.717) is 17.7 Å². The molecule has 2 aromatic rings. The molecule has 7 heteroatoms. The SMILES string of the molecule is CCCCCCCCCCCCCCCCN1C(=O)C(=O)/C(=C(/O)c2ccccc2)[C@@H]1c1ccc([N+](=O)[O-])cc1. The highest BCUT2D eigenvalue weighted by atomic mass is 16.6. The fourth-order valence-corrected chi connectivity index (χ4v) is 5.46. The summed E-state index contributed by atoms with van der Waals surface area (Å²) in [7, 11) is 0. The van der Waals surface area contributed by atoms with Crippen molar-refractivity contribution in [2.45, 2.75) is 103 Å². The van der Waals surface area contributed by atoms with E-state index in [4.69, 9.17) is 0 Å². The molecular formula is C33H44N2O5. The van der Waals surface area contributed by atoms with Crippen LogP contribution in [0.15, 0.2) is 60.2 Å². The van der Waals surface area contributed by atoms with Crippen molar-refractivity contribution in [2.75, 3.05) is 6.54 Å². The Kier molecular flexibility index (Phi) is 12.9. The molecule has 1 heterocycles. The van der Waals surface area contributed by atoms with E-state index < -0.39 is 22.7 Å². The number of unbranched alkanes of at least 4 members (excludes halogenated alkanes) is 13. The third kappa shape index (κ3) is 8.77. The van der Waals surface area contributed by atoms with Gasteiger partial charge in [-0.25, -0.2) is 0 Å². The normalized spacial score (nSPS) is 16.5. The lowest BCUT2D eigenvalue weighted by Gasteiger charge is -2.25. The van der Waals surface area contributed by atoms with Crippen LogP contribution in [-0.4, -0.2) is 33.2 Å². The molecule has 0 spiro atoms.